The van der Waals surface area contributed by atoms with Crippen LogP contribution in [0.2, 0.25) is 0 Å². The number of rotatable bonds is 5. The number of aromatic nitrogens is 1. The SMILES string of the molecule is CN(c1ccccc1)c1ccc(-c2ccc3c4cc5ccccc5cc4n(-c4cccc(-c5ccccc5)c4)c3c2)cc1. The van der Waals surface area contributed by atoms with Gasteiger partial charge in [-0.2, -0.15) is 0 Å². The Morgan fingerprint density at radius 3 is 1.72 bits per heavy atom. The van der Waals surface area contributed by atoms with Crippen LogP contribution < -0.4 is 4.90 Å². The summed E-state index contributed by atoms with van der Waals surface area (Å²) in [4.78, 5) is 2.22. The minimum Gasteiger partial charge on any atom is -0.345 e. The Labute approximate surface area is 251 Å². The average Bonchev–Trinajstić information content (AvgIpc) is 3.40. The lowest BCUT2D eigenvalue weighted by atomic mass is 10.0. The largest absolute Gasteiger partial charge is 0.345 e. The monoisotopic (exact) mass is 550 g/mol. The molecule has 0 saturated heterocycles. The van der Waals surface area contributed by atoms with Gasteiger partial charge in [0.1, 0.15) is 0 Å². The number of nitrogens with zero attached hydrogens (tertiary/aromatic N) is 2. The Kier molecular flexibility index (Phi) is 6.05. The summed E-state index contributed by atoms with van der Waals surface area (Å²) in [5.74, 6) is 0. The van der Waals surface area contributed by atoms with Crippen molar-refractivity contribution in [2.75, 3.05) is 11.9 Å². The Hall–Kier alpha value is -5.60. The second kappa shape index (κ2) is 10.3. The van der Waals surface area contributed by atoms with Crippen molar-refractivity contribution in [2.24, 2.45) is 0 Å². The molecule has 0 N–H and O–H groups in total. The van der Waals surface area contributed by atoms with Crippen molar-refractivity contribution in [1.29, 1.82) is 0 Å². The first-order chi connectivity index (χ1) is 21.2. The number of fused-ring (bicyclic) bond motifs is 4. The van der Waals surface area contributed by atoms with Gasteiger partial charge in [0.15, 0.2) is 0 Å². The van der Waals surface area contributed by atoms with Gasteiger partial charge >= 0.3 is 0 Å². The first kappa shape index (κ1) is 25.1. The smallest absolute Gasteiger partial charge is 0.0547 e. The molecule has 8 rings (SSSR count). The summed E-state index contributed by atoms with van der Waals surface area (Å²) in [5, 5.41) is 5.03. The van der Waals surface area contributed by atoms with E-state index in [1.54, 1.807) is 0 Å². The number of para-hydroxylation sites is 1. The zero-order valence-electron chi connectivity index (χ0n) is 24.0. The molecule has 2 heteroatoms. The van der Waals surface area contributed by atoms with Crippen LogP contribution in [0.4, 0.5) is 11.4 Å². The quantitative estimate of drug-likeness (QED) is 0.207. The molecule has 2 nitrogen and oxygen atoms in total. The van der Waals surface area contributed by atoms with E-state index in [1.165, 1.54) is 60.5 Å². The molecule has 0 spiro atoms. The highest BCUT2D eigenvalue weighted by Gasteiger charge is 2.15. The molecule has 1 aromatic heterocycles. The van der Waals surface area contributed by atoms with Gasteiger partial charge in [0.2, 0.25) is 0 Å². The molecule has 0 aliphatic heterocycles. The second-order valence-corrected chi connectivity index (χ2v) is 11.1. The predicted molar refractivity (Wildman–Crippen MR) is 184 cm³/mol. The Morgan fingerprint density at radius 2 is 0.953 bits per heavy atom. The maximum absolute atomic E-state index is 2.44. The number of hydrogen-bond donors (Lipinski definition) is 0. The maximum Gasteiger partial charge on any atom is 0.0547 e. The van der Waals surface area contributed by atoms with Gasteiger partial charge in [-0.1, -0.05) is 109 Å². The Balaban J connectivity index is 1.30. The molecular formula is C41H30N2. The summed E-state index contributed by atoms with van der Waals surface area (Å²) >= 11 is 0. The highest BCUT2D eigenvalue weighted by molar-refractivity contribution is 6.14. The van der Waals surface area contributed by atoms with Crippen LogP contribution in [0.1, 0.15) is 0 Å². The summed E-state index contributed by atoms with van der Waals surface area (Å²) in [7, 11) is 2.11. The summed E-state index contributed by atoms with van der Waals surface area (Å²) in [5.41, 5.74) is 10.8. The van der Waals surface area contributed by atoms with Crippen LogP contribution in [0.5, 0.6) is 0 Å². The molecule has 0 aliphatic carbocycles. The van der Waals surface area contributed by atoms with E-state index in [9.17, 15) is 0 Å². The molecule has 0 amide bonds. The zero-order valence-corrected chi connectivity index (χ0v) is 24.0. The topological polar surface area (TPSA) is 8.17 Å². The van der Waals surface area contributed by atoms with Gasteiger partial charge in [-0.15, -0.1) is 0 Å². The van der Waals surface area contributed by atoms with Crippen LogP contribution in [0.15, 0.2) is 164 Å². The second-order valence-electron chi connectivity index (χ2n) is 11.1. The molecule has 0 atom stereocenters. The fourth-order valence-electron chi connectivity index (χ4n) is 6.29. The summed E-state index contributed by atoms with van der Waals surface area (Å²) in [6.07, 6.45) is 0. The van der Waals surface area contributed by atoms with Crippen molar-refractivity contribution < 1.29 is 0 Å². The van der Waals surface area contributed by atoms with Crippen molar-refractivity contribution in [3.05, 3.63) is 164 Å². The molecule has 0 radical (unpaired) electrons. The van der Waals surface area contributed by atoms with Gasteiger partial charge in [-0.05, 0) is 87.6 Å². The van der Waals surface area contributed by atoms with E-state index in [4.69, 9.17) is 0 Å². The molecule has 0 fully saturated rings. The number of hydrogen-bond acceptors (Lipinski definition) is 1. The van der Waals surface area contributed by atoms with Crippen LogP contribution >= 0.6 is 0 Å². The third kappa shape index (κ3) is 4.45. The lowest BCUT2D eigenvalue weighted by Crippen LogP contribution is -2.08. The summed E-state index contributed by atoms with van der Waals surface area (Å²) in [6.45, 7) is 0. The fraction of sp³-hybridized carbons (Fsp3) is 0.0244. The van der Waals surface area contributed by atoms with Crippen molar-refractivity contribution in [1.82, 2.24) is 4.57 Å². The van der Waals surface area contributed by atoms with E-state index in [0.717, 1.165) is 11.4 Å². The minimum atomic E-state index is 1.16. The van der Waals surface area contributed by atoms with E-state index in [2.05, 4.69) is 180 Å². The van der Waals surface area contributed by atoms with E-state index in [0.29, 0.717) is 0 Å². The van der Waals surface area contributed by atoms with Gasteiger partial charge in [0.25, 0.3) is 0 Å². The minimum absolute atomic E-state index is 1.16. The number of anilines is 2. The molecule has 43 heavy (non-hydrogen) atoms. The first-order valence-electron chi connectivity index (χ1n) is 14.7. The van der Waals surface area contributed by atoms with Crippen molar-refractivity contribution in [3.8, 4) is 27.9 Å². The van der Waals surface area contributed by atoms with Gasteiger partial charge in [0, 0.05) is 34.9 Å². The number of benzene rings is 7. The Bertz CT molecular complexity index is 2230. The molecule has 0 aliphatic rings. The molecule has 204 valence electrons. The molecule has 8 aromatic rings. The molecule has 0 saturated carbocycles. The van der Waals surface area contributed by atoms with Gasteiger partial charge in [-0.25, -0.2) is 0 Å². The average molecular weight is 551 g/mol. The molecule has 0 unspecified atom stereocenters. The lowest BCUT2D eigenvalue weighted by molar-refractivity contribution is 1.18. The highest BCUT2D eigenvalue weighted by atomic mass is 15.1. The van der Waals surface area contributed by atoms with E-state index >= 15 is 0 Å². The molecule has 1 heterocycles. The van der Waals surface area contributed by atoms with E-state index in [-0.39, 0.29) is 0 Å². The third-order valence-corrected chi connectivity index (χ3v) is 8.58. The Morgan fingerprint density at radius 1 is 0.395 bits per heavy atom. The van der Waals surface area contributed by atoms with Crippen LogP contribution in [0, 0.1) is 0 Å². The first-order valence-corrected chi connectivity index (χ1v) is 14.7. The molecule has 0 bridgehead atoms. The maximum atomic E-state index is 2.44. The third-order valence-electron chi connectivity index (χ3n) is 8.58. The highest BCUT2D eigenvalue weighted by Crippen LogP contribution is 2.38. The fourth-order valence-corrected chi connectivity index (χ4v) is 6.29. The molecular weight excluding hydrogens is 520 g/mol. The summed E-state index contributed by atoms with van der Waals surface area (Å²) < 4.78 is 2.44. The van der Waals surface area contributed by atoms with Crippen molar-refractivity contribution in [2.45, 2.75) is 0 Å². The van der Waals surface area contributed by atoms with Crippen LogP contribution in [-0.4, -0.2) is 11.6 Å². The standard InChI is InChI=1S/C41H30N2/c1-42(35-16-6-3-7-17-35)36-22-19-30(20-23-36)34-21-24-38-39-26-32-13-8-9-14-33(32)27-41(39)43(40(38)28-34)37-18-10-15-31(25-37)29-11-4-2-5-12-29/h2-28H,1H3. The van der Waals surface area contributed by atoms with E-state index in [1.807, 2.05) is 0 Å². The summed E-state index contributed by atoms with van der Waals surface area (Å²) in [6, 6.07) is 59.1. The van der Waals surface area contributed by atoms with Crippen LogP contribution in [0.25, 0.3) is 60.5 Å². The van der Waals surface area contributed by atoms with Crippen molar-refractivity contribution >= 4 is 44.0 Å². The van der Waals surface area contributed by atoms with Gasteiger partial charge in [0.05, 0.1) is 11.0 Å². The van der Waals surface area contributed by atoms with E-state index < -0.39 is 0 Å². The lowest BCUT2D eigenvalue weighted by Gasteiger charge is -2.19. The van der Waals surface area contributed by atoms with Gasteiger partial charge in [-0.3, -0.25) is 0 Å². The van der Waals surface area contributed by atoms with Crippen LogP contribution in [0.3, 0.4) is 0 Å². The normalized spacial score (nSPS) is 11.4. The molecule has 7 aromatic carbocycles. The predicted octanol–water partition coefficient (Wildman–Crippen LogP) is 11.0. The van der Waals surface area contributed by atoms with Crippen LogP contribution in [-0.2, 0) is 0 Å². The van der Waals surface area contributed by atoms with Crippen molar-refractivity contribution in [3.63, 3.8) is 0 Å². The van der Waals surface area contributed by atoms with Gasteiger partial charge < -0.3 is 9.47 Å². The zero-order chi connectivity index (χ0) is 28.8.